The second-order valence-electron chi connectivity index (χ2n) is 8.07. The molecule has 2 N–H and O–H groups in total. The fourth-order valence-electron chi connectivity index (χ4n) is 3.77. The number of hydrogen-bond donors (Lipinski definition) is 2. The lowest BCUT2D eigenvalue weighted by atomic mass is 10.0. The van der Waals surface area contributed by atoms with Gasteiger partial charge in [0, 0.05) is 45.2 Å². The zero-order chi connectivity index (χ0) is 21.9. The third-order valence-electron chi connectivity index (χ3n) is 5.43. The molecule has 0 amide bonds. The lowest BCUT2D eigenvalue weighted by Gasteiger charge is -2.21. The molecule has 1 aliphatic heterocycles. The van der Waals surface area contributed by atoms with Crippen LogP contribution < -0.4 is 10.6 Å². The van der Waals surface area contributed by atoms with E-state index in [4.69, 9.17) is 14.5 Å². The molecule has 170 valence electrons. The largest absolute Gasteiger partial charge is 0.381 e. The fraction of sp³-hybridized carbons (Fsp3) is 0.583. The summed E-state index contributed by atoms with van der Waals surface area (Å²) in [6, 6.07) is 10.4. The molecule has 1 aliphatic rings. The van der Waals surface area contributed by atoms with E-state index in [9.17, 15) is 0 Å². The number of para-hydroxylation sites is 1. The minimum Gasteiger partial charge on any atom is -0.381 e. The first kappa shape index (κ1) is 23.3. The number of nitrogens with zero attached hydrogens (tertiary/aromatic N) is 3. The molecule has 7 heteroatoms. The molecule has 3 rings (SSSR count). The van der Waals surface area contributed by atoms with Gasteiger partial charge in [0.05, 0.1) is 17.9 Å². The first-order valence-corrected chi connectivity index (χ1v) is 11.5. The lowest BCUT2D eigenvalue weighted by molar-refractivity contribution is 0.0203. The van der Waals surface area contributed by atoms with Gasteiger partial charge in [0.1, 0.15) is 0 Å². The molecule has 0 bridgehead atoms. The highest BCUT2D eigenvalue weighted by Gasteiger charge is 2.13. The van der Waals surface area contributed by atoms with Crippen LogP contribution in [0.5, 0.6) is 0 Å². The molecule has 1 saturated heterocycles. The van der Waals surface area contributed by atoms with E-state index >= 15 is 0 Å². The second-order valence-corrected chi connectivity index (χ2v) is 8.07. The van der Waals surface area contributed by atoms with Crippen molar-refractivity contribution in [3.63, 3.8) is 0 Å². The lowest BCUT2D eigenvalue weighted by Crippen LogP contribution is -2.38. The maximum atomic E-state index is 5.86. The van der Waals surface area contributed by atoms with E-state index < -0.39 is 0 Å². The van der Waals surface area contributed by atoms with Crippen molar-refractivity contribution in [2.24, 2.45) is 10.9 Å². The summed E-state index contributed by atoms with van der Waals surface area (Å²) in [5.41, 5.74) is 4.37. The highest BCUT2D eigenvalue weighted by atomic mass is 16.5. The van der Waals surface area contributed by atoms with Crippen LogP contribution in [0.25, 0.3) is 5.69 Å². The van der Waals surface area contributed by atoms with E-state index in [0.717, 1.165) is 87.4 Å². The molecule has 1 aromatic heterocycles. The average Bonchev–Trinajstić information content (AvgIpc) is 3.13. The molecule has 0 aliphatic carbocycles. The van der Waals surface area contributed by atoms with Gasteiger partial charge in [0.2, 0.25) is 0 Å². The highest BCUT2D eigenvalue weighted by Crippen LogP contribution is 2.18. The van der Waals surface area contributed by atoms with Crippen LogP contribution in [-0.4, -0.2) is 55.3 Å². The standard InChI is InChI=1S/C24H37N5O2/c1-4-25-24(26-12-7-13-31-18-21-10-14-30-15-11-21)27-17-22-8-5-6-9-23(22)29-20(3)16-19(2)28-29/h5-6,8-9,16,21H,4,7,10-15,17-18H2,1-3H3,(H2,25,26,27). The summed E-state index contributed by atoms with van der Waals surface area (Å²) in [6.07, 6.45) is 3.19. The van der Waals surface area contributed by atoms with E-state index in [1.54, 1.807) is 0 Å². The Morgan fingerprint density at radius 2 is 2.03 bits per heavy atom. The quantitative estimate of drug-likeness (QED) is 0.346. The van der Waals surface area contributed by atoms with E-state index in [1.165, 1.54) is 0 Å². The van der Waals surface area contributed by atoms with Gasteiger partial charge in [-0.2, -0.15) is 5.10 Å². The third-order valence-corrected chi connectivity index (χ3v) is 5.43. The molecule has 0 unspecified atom stereocenters. The Hall–Kier alpha value is -2.38. The van der Waals surface area contributed by atoms with Crippen LogP contribution in [0, 0.1) is 19.8 Å². The summed E-state index contributed by atoms with van der Waals surface area (Å²) >= 11 is 0. The smallest absolute Gasteiger partial charge is 0.191 e. The Bertz CT molecular complexity index is 827. The monoisotopic (exact) mass is 427 g/mol. The molecule has 0 saturated carbocycles. The van der Waals surface area contributed by atoms with Gasteiger partial charge < -0.3 is 20.1 Å². The minimum atomic E-state index is 0.587. The van der Waals surface area contributed by atoms with Crippen molar-refractivity contribution in [3.05, 3.63) is 47.3 Å². The van der Waals surface area contributed by atoms with Gasteiger partial charge in [-0.3, -0.25) is 0 Å². The van der Waals surface area contributed by atoms with E-state index in [0.29, 0.717) is 12.5 Å². The van der Waals surface area contributed by atoms with Gasteiger partial charge in [0.25, 0.3) is 0 Å². The Kier molecular flexibility index (Phi) is 9.37. The van der Waals surface area contributed by atoms with E-state index in [2.05, 4.69) is 53.8 Å². The average molecular weight is 428 g/mol. The molecule has 1 fully saturated rings. The summed E-state index contributed by atoms with van der Waals surface area (Å²) in [5.74, 6) is 1.48. The van der Waals surface area contributed by atoms with Gasteiger partial charge in [-0.25, -0.2) is 9.67 Å². The normalized spacial score (nSPS) is 15.3. The number of benzene rings is 1. The maximum Gasteiger partial charge on any atom is 0.191 e. The maximum absolute atomic E-state index is 5.86. The molecular weight excluding hydrogens is 390 g/mol. The van der Waals surface area contributed by atoms with Crippen LogP contribution in [-0.2, 0) is 16.0 Å². The fourth-order valence-corrected chi connectivity index (χ4v) is 3.77. The zero-order valence-corrected chi connectivity index (χ0v) is 19.2. The summed E-state index contributed by atoms with van der Waals surface area (Å²) < 4.78 is 13.3. The van der Waals surface area contributed by atoms with Crippen LogP contribution in [0.2, 0.25) is 0 Å². The number of guanidine groups is 1. The number of aryl methyl sites for hydroxylation is 2. The number of hydrogen-bond acceptors (Lipinski definition) is 4. The first-order chi connectivity index (χ1) is 15.2. The predicted octanol–water partition coefficient (Wildman–Crippen LogP) is 3.38. The van der Waals surface area contributed by atoms with Gasteiger partial charge >= 0.3 is 0 Å². The molecule has 31 heavy (non-hydrogen) atoms. The molecule has 0 radical (unpaired) electrons. The van der Waals surface area contributed by atoms with Crippen LogP contribution in [0.4, 0.5) is 0 Å². The molecule has 1 aromatic carbocycles. The van der Waals surface area contributed by atoms with Crippen LogP contribution in [0.3, 0.4) is 0 Å². The summed E-state index contributed by atoms with van der Waals surface area (Å²) in [4.78, 5) is 4.80. The van der Waals surface area contributed by atoms with Gasteiger partial charge in [-0.05, 0) is 63.6 Å². The van der Waals surface area contributed by atoms with Crippen molar-refractivity contribution in [2.75, 3.05) is 39.5 Å². The zero-order valence-electron chi connectivity index (χ0n) is 19.2. The van der Waals surface area contributed by atoms with Crippen molar-refractivity contribution in [3.8, 4) is 5.69 Å². The molecule has 0 atom stereocenters. The first-order valence-electron chi connectivity index (χ1n) is 11.5. The van der Waals surface area contributed by atoms with E-state index in [1.807, 2.05) is 17.7 Å². The highest BCUT2D eigenvalue weighted by molar-refractivity contribution is 5.79. The van der Waals surface area contributed by atoms with Gasteiger partial charge in [0.15, 0.2) is 5.96 Å². The Morgan fingerprint density at radius 3 is 2.77 bits per heavy atom. The number of aliphatic imine (C=N–C) groups is 1. The van der Waals surface area contributed by atoms with Crippen molar-refractivity contribution >= 4 is 5.96 Å². The number of nitrogens with one attached hydrogen (secondary N) is 2. The Balaban J connectivity index is 1.49. The predicted molar refractivity (Wildman–Crippen MR) is 125 cm³/mol. The van der Waals surface area contributed by atoms with Gasteiger partial charge in [-0.15, -0.1) is 0 Å². The second kappa shape index (κ2) is 12.5. The minimum absolute atomic E-state index is 0.587. The summed E-state index contributed by atoms with van der Waals surface area (Å²) in [5, 5.41) is 11.4. The number of ether oxygens (including phenoxy) is 2. The number of aromatic nitrogens is 2. The summed E-state index contributed by atoms with van der Waals surface area (Å²) in [6.45, 7) is 11.8. The molecular formula is C24H37N5O2. The molecule has 7 nitrogen and oxygen atoms in total. The van der Waals surface area contributed by atoms with Crippen LogP contribution >= 0.6 is 0 Å². The molecule has 2 heterocycles. The van der Waals surface area contributed by atoms with Crippen molar-refractivity contribution in [1.29, 1.82) is 0 Å². The third kappa shape index (κ3) is 7.36. The van der Waals surface area contributed by atoms with Crippen LogP contribution in [0.15, 0.2) is 35.3 Å². The van der Waals surface area contributed by atoms with Crippen molar-refractivity contribution in [1.82, 2.24) is 20.4 Å². The molecule has 0 spiro atoms. The van der Waals surface area contributed by atoms with E-state index in [-0.39, 0.29) is 0 Å². The van der Waals surface area contributed by atoms with Crippen molar-refractivity contribution in [2.45, 2.75) is 46.6 Å². The van der Waals surface area contributed by atoms with Crippen LogP contribution in [0.1, 0.15) is 43.1 Å². The number of rotatable bonds is 10. The Labute approximate surface area is 186 Å². The van der Waals surface area contributed by atoms with Gasteiger partial charge in [-0.1, -0.05) is 18.2 Å². The summed E-state index contributed by atoms with van der Waals surface area (Å²) in [7, 11) is 0. The topological polar surface area (TPSA) is 72.7 Å². The van der Waals surface area contributed by atoms with Crippen molar-refractivity contribution < 1.29 is 9.47 Å². The SMILES string of the molecule is CCNC(=NCc1ccccc1-n1nc(C)cc1C)NCCCOCC1CCOCC1. The Morgan fingerprint density at radius 1 is 1.23 bits per heavy atom. The molecule has 2 aromatic rings.